The van der Waals surface area contributed by atoms with Gasteiger partial charge >= 0.3 is 0 Å². The Balaban J connectivity index is 1.76. The van der Waals surface area contributed by atoms with Gasteiger partial charge in [0.1, 0.15) is 12.3 Å². The van der Waals surface area contributed by atoms with Gasteiger partial charge in [-0.05, 0) is 30.3 Å². The molecule has 1 aliphatic heterocycles. The lowest BCUT2D eigenvalue weighted by Gasteiger charge is -2.15. The van der Waals surface area contributed by atoms with Gasteiger partial charge in [-0.3, -0.25) is 4.79 Å². The Morgan fingerprint density at radius 1 is 1.30 bits per heavy atom. The highest BCUT2D eigenvalue weighted by Crippen LogP contribution is 2.17. The van der Waals surface area contributed by atoms with Gasteiger partial charge in [0.25, 0.3) is 5.91 Å². The minimum absolute atomic E-state index is 0.0426. The summed E-state index contributed by atoms with van der Waals surface area (Å²) >= 11 is 0. The number of likely N-dealkylation sites (tertiary alicyclic amines) is 1. The number of nitrogens with zero attached hydrogens (tertiary/aromatic N) is 3. The second-order valence-electron chi connectivity index (χ2n) is 4.79. The highest BCUT2D eigenvalue weighted by atomic mass is 19.1. The van der Waals surface area contributed by atoms with E-state index in [0.717, 1.165) is 5.69 Å². The molecular formula is C14H14FN3O2. The molecule has 0 saturated carbocycles. The smallest absolute Gasteiger partial charge is 0.254 e. The number of alkyl halides is 1. The largest absolute Gasteiger partial charge is 0.388 e. The number of hydrogen-bond acceptors (Lipinski definition) is 3. The molecule has 20 heavy (non-hydrogen) atoms. The quantitative estimate of drug-likeness (QED) is 0.890. The van der Waals surface area contributed by atoms with Crippen LogP contribution in [0.25, 0.3) is 5.69 Å². The molecule has 0 unspecified atom stereocenters. The van der Waals surface area contributed by atoms with Crippen molar-refractivity contribution in [2.75, 3.05) is 13.1 Å². The third-order valence-corrected chi connectivity index (χ3v) is 3.39. The first-order valence-electron chi connectivity index (χ1n) is 6.36. The van der Waals surface area contributed by atoms with E-state index in [2.05, 4.69) is 5.10 Å². The number of carbonyl (C=O) groups is 1. The molecule has 0 bridgehead atoms. The van der Waals surface area contributed by atoms with E-state index in [1.54, 1.807) is 41.3 Å². The van der Waals surface area contributed by atoms with E-state index < -0.39 is 12.3 Å². The van der Waals surface area contributed by atoms with Crippen LogP contribution in [0.4, 0.5) is 4.39 Å². The molecule has 6 heteroatoms. The molecule has 3 rings (SSSR count). The first-order chi connectivity index (χ1) is 9.65. The lowest BCUT2D eigenvalue weighted by atomic mass is 10.2. The van der Waals surface area contributed by atoms with E-state index in [-0.39, 0.29) is 19.0 Å². The number of amides is 1. The van der Waals surface area contributed by atoms with Gasteiger partial charge in [-0.2, -0.15) is 5.10 Å². The molecule has 1 aliphatic rings. The van der Waals surface area contributed by atoms with Crippen LogP contribution in [0, 0.1) is 0 Å². The number of β-amino-alcohol motifs (C(OH)–C–C–N with tert-alkyl or cyclic N) is 1. The number of carbonyl (C=O) groups excluding carboxylic acids is 1. The molecule has 1 amide bonds. The Hall–Kier alpha value is -2.21. The van der Waals surface area contributed by atoms with Crippen LogP contribution in [0.3, 0.4) is 0 Å². The molecule has 1 aromatic heterocycles. The minimum Gasteiger partial charge on any atom is -0.388 e. The highest BCUT2D eigenvalue weighted by Gasteiger charge is 2.34. The molecule has 1 N–H and O–H groups in total. The number of aromatic nitrogens is 2. The van der Waals surface area contributed by atoms with Gasteiger partial charge in [-0.1, -0.05) is 0 Å². The predicted octanol–water partition coefficient (Wildman–Crippen LogP) is 1.03. The van der Waals surface area contributed by atoms with Gasteiger partial charge in [0.05, 0.1) is 12.2 Å². The predicted molar refractivity (Wildman–Crippen MR) is 70.4 cm³/mol. The molecule has 1 aromatic carbocycles. The molecule has 0 radical (unpaired) electrons. The highest BCUT2D eigenvalue weighted by molar-refractivity contribution is 5.94. The average Bonchev–Trinajstić information content (AvgIpc) is 3.09. The van der Waals surface area contributed by atoms with Crippen molar-refractivity contribution in [1.29, 1.82) is 0 Å². The normalized spacial score (nSPS) is 22.2. The average molecular weight is 275 g/mol. The maximum atomic E-state index is 13.2. The maximum absolute atomic E-state index is 13.2. The maximum Gasteiger partial charge on any atom is 0.254 e. The summed E-state index contributed by atoms with van der Waals surface area (Å²) in [5.74, 6) is -0.267. The summed E-state index contributed by atoms with van der Waals surface area (Å²) in [6, 6.07) is 8.72. The number of benzene rings is 1. The molecule has 2 heterocycles. The van der Waals surface area contributed by atoms with Crippen LogP contribution in [0.1, 0.15) is 10.4 Å². The van der Waals surface area contributed by atoms with E-state index in [1.165, 1.54) is 4.90 Å². The molecule has 2 aromatic rings. The lowest BCUT2D eigenvalue weighted by molar-refractivity contribution is 0.0764. The van der Waals surface area contributed by atoms with Gasteiger partial charge < -0.3 is 10.0 Å². The number of rotatable bonds is 2. The third-order valence-electron chi connectivity index (χ3n) is 3.39. The van der Waals surface area contributed by atoms with Crippen LogP contribution < -0.4 is 0 Å². The second kappa shape index (κ2) is 5.05. The molecular weight excluding hydrogens is 261 g/mol. The Kier molecular flexibility index (Phi) is 3.23. The van der Waals surface area contributed by atoms with Crippen molar-refractivity contribution >= 4 is 5.91 Å². The second-order valence-corrected chi connectivity index (χ2v) is 4.79. The van der Waals surface area contributed by atoms with Crippen molar-refractivity contribution in [1.82, 2.24) is 14.7 Å². The lowest BCUT2D eigenvalue weighted by Crippen LogP contribution is -2.29. The first kappa shape index (κ1) is 12.8. The van der Waals surface area contributed by atoms with Gasteiger partial charge in [-0.15, -0.1) is 0 Å². The van der Waals surface area contributed by atoms with Crippen LogP contribution in [0.15, 0.2) is 42.7 Å². The number of halogens is 1. The fourth-order valence-electron chi connectivity index (χ4n) is 2.27. The van der Waals surface area contributed by atoms with Gasteiger partial charge in [0.2, 0.25) is 0 Å². The van der Waals surface area contributed by atoms with Crippen LogP contribution >= 0.6 is 0 Å². The van der Waals surface area contributed by atoms with Gasteiger partial charge in [0.15, 0.2) is 0 Å². The fourth-order valence-corrected chi connectivity index (χ4v) is 2.27. The zero-order valence-corrected chi connectivity index (χ0v) is 10.7. The van der Waals surface area contributed by atoms with Gasteiger partial charge in [0, 0.05) is 24.5 Å². The summed E-state index contributed by atoms with van der Waals surface area (Å²) in [7, 11) is 0. The van der Waals surface area contributed by atoms with Crippen molar-refractivity contribution in [2.24, 2.45) is 0 Å². The van der Waals surface area contributed by atoms with E-state index in [1.807, 2.05) is 6.07 Å². The SMILES string of the molecule is O=C(c1ccc(-n2cccn2)cc1)N1C[C@@H](O)[C@H](F)C1. The Morgan fingerprint density at radius 2 is 2.05 bits per heavy atom. The molecule has 0 spiro atoms. The minimum atomic E-state index is -1.36. The van der Waals surface area contributed by atoms with Crippen LogP contribution in [0.2, 0.25) is 0 Å². The standard InChI is InChI=1S/C14H14FN3O2/c15-12-8-17(9-13(12)19)14(20)10-2-4-11(5-3-10)18-7-1-6-16-18/h1-7,12-13,19H,8-9H2/t12-,13-/m1/s1. The Bertz CT molecular complexity index is 587. The third kappa shape index (κ3) is 2.30. The zero-order valence-electron chi connectivity index (χ0n) is 10.7. The van der Waals surface area contributed by atoms with E-state index >= 15 is 0 Å². The van der Waals surface area contributed by atoms with Crippen molar-refractivity contribution in [2.45, 2.75) is 12.3 Å². The molecule has 104 valence electrons. The van der Waals surface area contributed by atoms with Gasteiger partial charge in [-0.25, -0.2) is 9.07 Å². The molecule has 2 atom stereocenters. The Labute approximate surface area is 115 Å². The van der Waals surface area contributed by atoms with Crippen molar-refractivity contribution < 1.29 is 14.3 Å². The van der Waals surface area contributed by atoms with Crippen molar-refractivity contribution in [3.63, 3.8) is 0 Å². The Morgan fingerprint density at radius 3 is 2.60 bits per heavy atom. The first-order valence-corrected chi connectivity index (χ1v) is 6.36. The summed E-state index contributed by atoms with van der Waals surface area (Å²) in [6.07, 6.45) is 1.04. The molecule has 1 fully saturated rings. The molecule has 5 nitrogen and oxygen atoms in total. The van der Waals surface area contributed by atoms with Crippen LogP contribution in [0.5, 0.6) is 0 Å². The zero-order chi connectivity index (χ0) is 14.1. The number of aliphatic hydroxyl groups excluding tert-OH is 1. The monoisotopic (exact) mass is 275 g/mol. The van der Waals surface area contributed by atoms with E-state index in [9.17, 15) is 14.3 Å². The van der Waals surface area contributed by atoms with Crippen molar-refractivity contribution in [3.05, 3.63) is 48.3 Å². The summed E-state index contributed by atoms with van der Waals surface area (Å²) in [6.45, 7) is -0.0121. The molecule has 1 saturated heterocycles. The van der Waals surface area contributed by atoms with E-state index in [0.29, 0.717) is 5.56 Å². The summed E-state index contributed by atoms with van der Waals surface area (Å²) in [4.78, 5) is 13.5. The summed E-state index contributed by atoms with van der Waals surface area (Å²) in [5.41, 5.74) is 1.32. The fraction of sp³-hybridized carbons (Fsp3) is 0.286. The summed E-state index contributed by atoms with van der Waals surface area (Å²) < 4.78 is 14.9. The number of aliphatic hydroxyl groups is 1. The molecule has 0 aliphatic carbocycles. The topological polar surface area (TPSA) is 58.4 Å². The van der Waals surface area contributed by atoms with Crippen LogP contribution in [-0.4, -0.2) is 51.1 Å². The van der Waals surface area contributed by atoms with E-state index in [4.69, 9.17) is 0 Å². The number of hydrogen-bond donors (Lipinski definition) is 1. The van der Waals surface area contributed by atoms with Crippen LogP contribution in [-0.2, 0) is 0 Å². The van der Waals surface area contributed by atoms with Crippen molar-refractivity contribution in [3.8, 4) is 5.69 Å². The summed E-state index contributed by atoms with van der Waals surface area (Å²) in [5, 5.41) is 13.4.